The van der Waals surface area contributed by atoms with Crippen LogP contribution in [-0.2, 0) is 10.3 Å². The fourth-order valence-corrected chi connectivity index (χ4v) is 5.19. The Bertz CT molecular complexity index is 1220. The lowest BCUT2D eigenvalue weighted by Gasteiger charge is -2.41. The zero-order valence-electron chi connectivity index (χ0n) is 21.4. The van der Waals surface area contributed by atoms with Crippen LogP contribution < -0.4 is 5.32 Å². The van der Waals surface area contributed by atoms with Gasteiger partial charge in [-0.25, -0.2) is 4.68 Å². The quantitative estimate of drug-likeness (QED) is 0.416. The maximum atomic E-state index is 13.7. The van der Waals surface area contributed by atoms with Crippen LogP contribution in [0.2, 0.25) is 5.02 Å². The van der Waals surface area contributed by atoms with Gasteiger partial charge in [-0.2, -0.15) is 5.10 Å². The fourth-order valence-electron chi connectivity index (χ4n) is 5.00. The van der Waals surface area contributed by atoms with Crippen LogP contribution in [0.5, 0.6) is 0 Å². The molecule has 0 saturated carbocycles. The summed E-state index contributed by atoms with van der Waals surface area (Å²) in [6, 6.07) is 17.5. The highest BCUT2D eigenvalue weighted by molar-refractivity contribution is 6.30. The molecule has 2 N–H and O–H groups in total. The molecule has 4 rings (SSSR count). The first-order valence-electron chi connectivity index (χ1n) is 12.4. The summed E-state index contributed by atoms with van der Waals surface area (Å²) in [7, 11) is 0. The second kappa shape index (κ2) is 10.1. The number of hydrogen-bond donors (Lipinski definition) is 2. The molecule has 0 bridgehead atoms. The minimum atomic E-state index is -1.45. The molecule has 3 aromatic rings. The average Bonchev–Trinajstić information content (AvgIpc) is 3.54. The summed E-state index contributed by atoms with van der Waals surface area (Å²) in [5.74, 6) is -0.789. The molecular formula is C29H35ClN4O2. The van der Waals surface area contributed by atoms with E-state index in [1.54, 1.807) is 24.7 Å². The zero-order chi connectivity index (χ0) is 26.1. The summed E-state index contributed by atoms with van der Waals surface area (Å²) in [5, 5.41) is 19.7. The molecule has 1 unspecified atom stereocenters. The Kier molecular flexibility index (Phi) is 7.30. The molecule has 2 heterocycles. The zero-order valence-corrected chi connectivity index (χ0v) is 22.2. The number of benzene rings is 2. The lowest BCUT2D eigenvalue weighted by atomic mass is 9.84. The molecule has 6 nitrogen and oxygen atoms in total. The van der Waals surface area contributed by atoms with E-state index in [1.807, 2.05) is 72.6 Å². The van der Waals surface area contributed by atoms with Crippen molar-refractivity contribution in [3.63, 3.8) is 0 Å². The van der Waals surface area contributed by atoms with Crippen LogP contribution in [0.4, 0.5) is 0 Å². The minimum Gasteiger partial charge on any atom is -0.383 e. The van der Waals surface area contributed by atoms with E-state index < -0.39 is 17.1 Å². The van der Waals surface area contributed by atoms with E-state index in [1.165, 1.54) is 0 Å². The van der Waals surface area contributed by atoms with Crippen molar-refractivity contribution in [3.05, 3.63) is 95.4 Å². The van der Waals surface area contributed by atoms with Gasteiger partial charge < -0.3 is 15.3 Å². The topological polar surface area (TPSA) is 70.4 Å². The highest BCUT2D eigenvalue weighted by atomic mass is 35.5. The molecule has 1 fully saturated rings. The average molecular weight is 507 g/mol. The molecule has 4 atom stereocenters. The molecule has 0 spiro atoms. The molecular weight excluding hydrogens is 472 g/mol. The molecule has 2 aromatic carbocycles. The third-order valence-corrected chi connectivity index (χ3v) is 7.97. The van der Waals surface area contributed by atoms with Gasteiger partial charge in [-0.15, -0.1) is 0 Å². The molecule has 1 aliphatic rings. The van der Waals surface area contributed by atoms with Gasteiger partial charge >= 0.3 is 0 Å². The number of aromatic nitrogens is 2. The van der Waals surface area contributed by atoms with E-state index in [2.05, 4.69) is 23.9 Å². The van der Waals surface area contributed by atoms with Gasteiger partial charge in [0, 0.05) is 35.7 Å². The van der Waals surface area contributed by atoms with Crippen molar-refractivity contribution in [2.24, 2.45) is 5.92 Å². The molecule has 0 radical (unpaired) electrons. The Balaban J connectivity index is 1.46. The number of halogens is 1. The number of carbonyl (C=O) groups is 1. The fraction of sp³-hybridized carbons (Fsp3) is 0.379. The van der Waals surface area contributed by atoms with Crippen molar-refractivity contribution in [2.75, 3.05) is 6.54 Å². The largest absolute Gasteiger partial charge is 0.383 e. The van der Waals surface area contributed by atoms with Crippen LogP contribution in [0.15, 0.2) is 79.3 Å². The minimum absolute atomic E-state index is 0.0980. The first-order chi connectivity index (χ1) is 17.0. The molecule has 1 aromatic heterocycles. The van der Waals surface area contributed by atoms with Gasteiger partial charge in [0.15, 0.2) is 0 Å². The lowest BCUT2D eigenvalue weighted by Crippen LogP contribution is -2.52. The Hall–Kier alpha value is -3.09. The summed E-state index contributed by atoms with van der Waals surface area (Å²) in [4.78, 5) is 15.6. The van der Waals surface area contributed by atoms with Crippen molar-refractivity contribution >= 4 is 17.5 Å². The second-order valence-electron chi connectivity index (χ2n) is 10.1. The Labute approximate surface area is 218 Å². The van der Waals surface area contributed by atoms with Crippen LogP contribution in [-0.4, -0.2) is 37.8 Å². The summed E-state index contributed by atoms with van der Waals surface area (Å²) in [6.45, 7) is 12.3. The van der Waals surface area contributed by atoms with Crippen molar-refractivity contribution in [1.29, 1.82) is 0 Å². The molecule has 1 amide bonds. The van der Waals surface area contributed by atoms with E-state index in [-0.39, 0.29) is 11.9 Å². The Morgan fingerprint density at radius 1 is 1.22 bits per heavy atom. The van der Waals surface area contributed by atoms with Crippen LogP contribution in [0, 0.1) is 5.92 Å². The summed E-state index contributed by atoms with van der Waals surface area (Å²) in [6.07, 6.45) is 5.38. The standard InChI is InChI=1S/C29H35ClN4O2/c1-20(27(35)33-17-7-15-28(33,4)24-9-6-10-25(30)19-24)29(5,36)22(3)32-21(2)23-11-13-26(14-12-23)34-18-8-16-31-34/h6,8-14,16,18-21,32,36H,3,7,15,17H2,1-2,4-5H3/t20-,21+,28?,29+/m0/s1. The van der Waals surface area contributed by atoms with Crippen LogP contribution >= 0.6 is 11.6 Å². The highest BCUT2D eigenvalue weighted by Crippen LogP contribution is 2.41. The van der Waals surface area contributed by atoms with Crippen LogP contribution in [0.3, 0.4) is 0 Å². The molecule has 1 aliphatic heterocycles. The Morgan fingerprint density at radius 3 is 2.58 bits per heavy atom. The summed E-state index contributed by atoms with van der Waals surface area (Å²) >= 11 is 6.26. The highest BCUT2D eigenvalue weighted by Gasteiger charge is 2.46. The second-order valence-corrected chi connectivity index (χ2v) is 10.6. The Morgan fingerprint density at radius 2 is 1.94 bits per heavy atom. The van der Waals surface area contributed by atoms with Crippen molar-refractivity contribution in [3.8, 4) is 5.69 Å². The summed E-state index contributed by atoms with van der Waals surface area (Å²) in [5.41, 5.74) is 1.51. The number of carbonyl (C=O) groups excluding carboxylic acids is 1. The maximum absolute atomic E-state index is 13.7. The van der Waals surface area contributed by atoms with Gasteiger partial charge in [0.2, 0.25) is 5.91 Å². The number of hydrogen-bond acceptors (Lipinski definition) is 4. The van der Waals surface area contributed by atoms with E-state index in [9.17, 15) is 9.90 Å². The van der Waals surface area contributed by atoms with Crippen molar-refractivity contribution in [2.45, 2.75) is 57.7 Å². The summed E-state index contributed by atoms with van der Waals surface area (Å²) < 4.78 is 1.80. The van der Waals surface area contributed by atoms with E-state index in [0.717, 1.165) is 29.7 Å². The van der Waals surface area contributed by atoms with Crippen molar-refractivity contribution < 1.29 is 9.90 Å². The lowest BCUT2D eigenvalue weighted by molar-refractivity contribution is -0.145. The third-order valence-electron chi connectivity index (χ3n) is 7.73. The van der Waals surface area contributed by atoms with Crippen LogP contribution in [0.1, 0.15) is 57.7 Å². The van der Waals surface area contributed by atoms with Gasteiger partial charge in [0.1, 0.15) is 5.60 Å². The number of rotatable bonds is 8. The number of likely N-dealkylation sites (tertiary alicyclic amines) is 1. The van der Waals surface area contributed by atoms with E-state index in [0.29, 0.717) is 17.3 Å². The number of amides is 1. The van der Waals surface area contributed by atoms with Crippen LogP contribution in [0.25, 0.3) is 5.69 Å². The first kappa shape index (κ1) is 26.0. The molecule has 36 heavy (non-hydrogen) atoms. The van der Waals surface area contributed by atoms with Gasteiger partial charge in [-0.3, -0.25) is 4.79 Å². The molecule has 1 saturated heterocycles. The number of nitrogens with zero attached hydrogens (tertiary/aromatic N) is 3. The van der Waals surface area contributed by atoms with Gasteiger partial charge in [0.05, 0.1) is 17.1 Å². The number of aliphatic hydroxyl groups is 1. The van der Waals surface area contributed by atoms with Gasteiger partial charge in [0.25, 0.3) is 0 Å². The van der Waals surface area contributed by atoms with Gasteiger partial charge in [-0.05, 0) is 75.1 Å². The first-order valence-corrected chi connectivity index (χ1v) is 12.8. The normalized spacial score (nSPS) is 21.0. The SMILES string of the molecule is C=C(N[C@H](C)c1ccc(-n2cccn2)cc1)[C@](C)(O)[C@@H](C)C(=O)N1CCCC1(C)c1cccc(Cl)c1. The predicted octanol–water partition coefficient (Wildman–Crippen LogP) is 5.61. The molecule has 190 valence electrons. The monoisotopic (exact) mass is 506 g/mol. The van der Waals surface area contributed by atoms with Crippen molar-refractivity contribution in [1.82, 2.24) is 20.0 Å². The van der Waals surface area contributed by atoms with E-state index in [4.69, 9.17) is 11.6 Å². The van der Waals surface area contributed by atoms with Gasteiger partial charge in [-0.1, -0.05) is 49.4 Å². The predicted molar refractivity (Wildman–Crippen MR) is 144 cm³/mol. The maximum Gasteiger partial charge on any atom is 0.229 e. The van der Waals surface area contributed by atoms with E-state index >= 15 is 0 Å². The molecule has 7 heteroatoms. The molecule has 0 aliphatic carbocycles. The third kappa shape index (κ3) is 4.93. The number of nitrogens with one attached hydrogen (secondary N) is 1. The smallest absolute Gasteiger partial charge is 0.229 e.